The predicted molar refractivity (Wildman–Crippen MR) is 144 cm³/mol. The second-order valence-electron chi connectivity index (χ2n) is 9.89. The van der Waals surface area contributed by atoms with E-state index in [1.807, 2.05) is 55.5 Å². The topological polar surface area (TPSA) is 69.3 Å². The van der Waals surface area contributed by atoms with Crippen molar-refractivity contribution < 1.29 is 23.7 Å². The number of anilines is 1. The van der Waals surface area contributed by atoms with E-state index in [-0.39, 0.29) is 19.3 Å². The standard InChI is InChI=1S/C30H34N2O5/c1-20-5-4-12-32(16-20)17-24-14-22(23-7-11-28-29(15-23)37-19-36-28)6-10-27(24)35-18-30(33)31-26-9-8-25(34-3)13-21(26)2/h6-11,13-15,20H,4-5,12,16-19H2,1-3H3,(H,31,33)/t20-/m0/s1. The van der Waals surface area contributed by atoms with Crippen molar-refractivity contribution in [3.63, 3.8) is 0 Å². The molecule has 37 heavy (non-hydrogen) atoms. The largest absolute Gasteiger partial charge is 0.497 e. The number of carbonyl (C=O) groups is 1. The van der Waals surface area contributed by atoms with E-state index in [4.69, 9.17) is 18.9 Å². The van der Waals surface area contributed by atoms with E-state index in [2.05, 4.69) is 23.2 Å². The normalized spacial score (nSPS) is 16.9. The molecule has 1 N–H and O–H groups in total. The molecule has 1 amide bonds. The molecule has 1 atom stereocenters. The van der Waals surface area contributed by atoms with Crippen molar-refractivity contribution in [2.75, 3.05) is 38.9 Å². The molecule has 7 nitrogen and oxygen atoms in total. The SMILES string of the molecule is COc1ccc(NC(=O)COc2ccc(-c3ccc4c(c3)OCO4)cc2CN2CCC[C@H](C)C2)c(C)c1. The molecule has 0 aromatic heterocycles. The highest BCUT2D eigenvalue weighted by Gasteiger charge is 2.20. The van der Waals surface area contributed by atoms with Gasteiger partial charge in [-0.05, 0) is 91.4 Å². The fourth-order valence-electron chi connectivity index (χ4n) is 5.00. The first-order valence-corrected chi connectivity index (χ1v) is 12.8. The first-order valence-electron chi connectivity index (χ1n) is 12.8. The summed E-state index contributed by atoms with van der Waals surface area (Å²) in [6.45, 7) is 7.32. The van der Waals surface area contributed by atoms with Gasteiger partial charge in [0, 0.05) is 24.3 Å². The molecular formula is C30H34N2O5. The number of fused-ring (bicyclic) bond motifs is 1. The van der Waals surface area contributed by atoms with Crippen LogP contribution in [0.25, 0.3) is 11.1 Å². The van der Waals surface area contributed by atoms with Gasteiger partial charge in [0.05, 0.1) is 7.11 Å². The number of carbonyl (C=O) groups excluding carboxylic acids is 1. The monoisotopic (exact) mass is 502 g/mol. The quantitative estimate of drug-likeness (QED) is 0.429. The number of aryl methyl sites for hydroxylation is 1. The van der Waals surface area contributed by atoms with Crippen LogP contribution in [0.5, 0.6) is 23.0 Å². The number of hydrogen-bond donors (Lipinski definition) is 1. The number of hydrogen-bond acceptors (Lipinski definition) is 6. The van der Waals surface area contributed by atoms with Crippen LogP contribution < -0.4 is 24.3 Å². The average Bonchev–Trinajstić information content (AvgIpc) is 3.37. The zero-order valence-corrected chi connectivity index (χ0v) is 21.7. The van der Waals surface area contributed by atoms with E-state index in [0.717, 1.165) is 70.6 Å². The molecule has 0 radical (unpaired) electrons. The van der Waals surface area contributed by atoms with Crippen molar-refractivity contribution in [3.8, 4) is 34.1 Å². The molecule has 2 heterocycles. The second kappa shape index (κ2) is 11.1. The van der Waals surface area contributed by atoms with Crippen molar-refractivity contribution in [2.45, 2.75) is 33.2 Å². The maximum absolute atomic E-state index is 12.7. The Kier molecular flexibility index (Phi) is 7.51. The minimum atomic E-state index is -0.203. The summed E-state index contributed by atoms with van der Waals surface area (Å²) in [4.78, 5) is 15.2. The number of nitrogens with zero attached hydrogens (tertiary/aromatic N) is 1. The van der Waals surface area contributed by atoms with Gasteiger partial charge in [-0.25, -0.2) is 0 Å². The third-order valence-electron chi connectivity index (χ3n) is 6.97. The first-order chi connectivity index (χ1) is 18.0. The molecule has 7 heteroatoms. The van der Waals surface area contributed by atoms with Crippen LogP contribution in [0.3, 0.4) is 0 Å². The lowest BCUT2D eigenvalue weighted by molar-refractivity contribution is -0.118. The van der Waals surface area contributed by atoms with E-state index < -0.39 is 0 Å². The number of nitrogens with one attached hydrogen (secondary N) is 1. The van der Waals surface area contributed by atoms with Gasteiger partial charge in [0.15, 0.2) is 18.1 Å². The maximum Gasteiger partial charge on any atom is 0.262 e. The average molecular weight is 503 g/mol. The maximum atomic E-state index is 12.7. The first kappa shape index (κ1) is 25.0. The molecule has 2 aliphatic heterocycles. The van der Waals surface area contributed by atoms with Crippen molar-refractivity contribution in [3.05, 3.63) is 65.7 Å². The fraction of sp³-hybridized carbons (Fsp3) is 0.367. The minimum absolute atomic E-state index is 0.0712. The van der Waals surface area contributed by atoms with E-state index >= 15 is 0 Å². The zero-order chi connectivity index (χ0) is 25.8. The Morgan fingerprint density at radius 3 is 2.68 bits per heavy atom. The fourth-order valence-corrected chi connectivity index (χ4v) is 5.00. The summed E-state index contributed by atoms with van der Waals surface area (Å²) in [5.41, 5.74) is 4.87. The summed E-state index contributed by atoms with van der Waals surface area (Å²) in [5, 5.41) is 2.94. The Labute approximate surface area is 218 Å². The molecule has 194 valence electrons. The highest BCUT2D eigenvalue weighted by atomic mass is 16.7. The summed E-state index contributed by atoms with van der Waals surface area (Å²) in [5.74, 6) is 3.48. The van der Waals surface area contributed by atoms with Crippen LogP contribution in [0.15, 0.2) is 54.6 Å². The molecule has 3 aromatic rings. The number of ether oxygens (including phenoxy) is 4. The molecule has 1 fully saturated rings. The summed E-state index contributed by atoms with van der Waals surface area (Å²) in [7, 11) is 1.63. The van der Waals surface area contributed by atoms with Crippen molar-refractivity contribution >= 4 is 11.6 Å². The summed E-state index contributed by atoms with van der Waals surface area (Å²) in [6.07, 6.45) is 2.46. The molecular weight excluding hydrogens is 468 g/mol. The smallest absolute Gasteiger partial charge is 0.262 e. The molecule has 2 aliphatic rings. The van der Waals surface area contributed by atoms with Crippen molar-refractivity contribution in [2.24, 2.45) is 5.92 Å². The minimum Gasteiger partial charge on any atom is -0.497 e. The van der Waals surface area contributed by atoms with Gasteiger partial charge in [0.25, 0.3) is 5.91 Å². The van der Waals surface area contributed by atoms with E-state index in [0.29, 0.717) is 5.92 Å². The van der Waals surface area contributed by atoms with Crippen LogP contribution in [0, 0.1) is 12.8 Å². The van der Waals surface area contributed by atoms with E-state index in [9.17, 15) is 4.79 Å². The third kappa shape index (κ3) is 6.00. The van der Waals surface area contributed by atoms with Gasteiger partial charge in [-0.15, -0.1) is 0 Å². The van der Waals surface area contributed by atoms with E-state index in [1.54, 1.807) is 7.11 Å². The Morgan fingerprint density at radius 2 is 1.86 bits per heavy atom. The summed E-state index contributed by atoms with van der Waals surface area (Å²) in [6, 6.07) is 17.7. The third-order valence-corrected chi connectivity index (χ3v) is 6.97. The Hall–Kier alpha value is -3.71. The zero-order valence-electron chi connectivity index (χ0n) is 21.7. The Morgan fingerprint density at radius 1 is 1.05 bits per heavy atom. The van der Waals surface area contributed by atoms with Crippen molar-refractivity contribution in [1.29, 1.82) is 0 Å². The molecule has 5 rings (SSSR count). The van der Waals surface area contributed by atoms with Crippen molar-refractivity contribution in [1.82, 2.24) is 4.90 Å². The number of methoxy groups -OCH3 is 1. The second-order valence-corrected chi connectivity index (χ2v) is 9.89. The number of piperidine rings is 1. The van der Waals surface area contributed by atoms with Gasteiger partial charge in [-0.3, -0.25) is 9.69 Å². The van der Waals surface area contributed by atoms with E-state index in [1.165, 1.54) is 12.8 Å². The molecule has 1 saturated heterocycles. The predicted octanol–water partition coefficient (Wildman–Crippen LogP) is 5.65. The van der Waals surface area contributed by atoms with Gasteiger partial charge in [0.2, 0.25) is 6.79 Å². The van der Waals surface area contributed by atoms with Crippen LogP contribution in [-0.2, 0) is 11.3 Å². The van der Waals surface area contributed by atoms with Crippen LogP contribution >= 0.6 is 0 Å². The lowest BCUT2D eigenvalue weighted by atomic mass is 9.98. The molecule has 0 aliphatic carbocycles. The summed E-state index contributed by atoms with van der Waals surface area (Å²) < 4.78 is 22.4. The number of likely N-dealkylation sites (tertiary alicyclic amines) is 1. The molecule has 0 unspecified atom stereocenters. The Balaban J connectivity index is 1.33. The molecule has 0 spiro atoms. The lowest BCUT2D eigenvalue weighted by Gasteiger charge is -2.31. The van der Waals surface area contributed by atoms with Gasteiger partial charge >= 0.3 is 0 Å². The number of benzene rings is 3. The lowest BCUT2D eigenvalue weighted by Crippen LogP contribution is -2.33. The number of amides is 1. The van der Waals surface area contributed by atoms with Crippen LogP contribution in [0.4, 0.5) is 5.69 Å². The molecule has 0 saturated carbocycles. The Bertz CT molecular complexity index is 1270. The summed E-state index contributed by atoms with van der Waals surface area (Å²) >= 11 is 0. The van der Waals surface area contributed by atoms with Gasteiger partial charge in [0.1, 0.15) is 11.5 Å². The van der Waals surface area contributed by atoms with Crippen LogP contribution in [-0.4, -0.2) is 44.4 Å². The van der Waals surface area contributed by atoms with Gasteiger partial charge in [-0.2, -0.15) is 0 Å². The van der Waals surface area contributed by atoms with Gasteiger partial charge < -0.3 is 24.3 Å². The highest BCUT2D eigenvalue weighted by Crippen LogP contribution is 2.37. The van der Waals surface area contributed by atoms with Crippen LogP contribution in [0.1, 0.15) is 30.9 Å². The van der Waals surface area contributed by atoms with Gasteiger partial charge in [-0.1, -0.05) is 19.1 Å². The molecule has 3 aromatic carbocycles. The number of rotatable bonds is 8. The highest BCUT2D eigenvalue weighted by molar-refractivity contribution is 5.92. The van der Waals surface area contributed by atoms with Crippen LogP contribution in [0.2, 0.25) is 0 Å². The molecule has 0 bridgehead atoms.